The quantitative estimate of drug-likeness (QED) is 0.616. The number of methoxy groups -OCH3 is 1. The fourth-order valence-corrected chi connectivity index (χ4v) is 4.84. The molecule has 0 aromatic carbocycles. The second-order valence-electron chi connectivity index (χ2n) is 6.66. The normalized spacial score (nSPS) is 17.3. The molecule has 0 amide bonds. The molecular weight excluding hydrogens is 408 g/mol. The van der Waals surface area contributed by atoms with Gasteiger partial charge in [0.15, 0.2) is 0 Å². The number of likely N-dealkylation sites (tertiary alicyclic amines) is 1. The van der Waals surface area contributed by atoms with E-state index in [1.165, 1.54) is 28.4 Å². The molecule has 11 heteroatoms. The van der Waals surface area contributed by atoms with Crippen LogP contribution < -0.4 is 10.5 Å². The molecule has 1 unspecified atom stereocenters. The van der Waals surface area contributed by atoms with Crippen molar-refractivity contribution in [2.24, 2.45) is 11.7 Å². The van der Waals surface area contributed by atoms with E-state index in [0.717, 1.165) is 31.8 Å². The van der Waals surface area contributed by atoms with Crippen LogP contribution in [0.2, 0.25) is 0 Å². The number of aromatic nitrogens is 3. The van der Waals surface area contributed by atoms with Gasteiger partial charge in [-0.1, -0.05) is 0 Å². The van der Waals surface area contributed by atoms with Gasteiger partial charge in [0.05, 0.1) is 29.6 Å². The van der Waals surface area contributed by atoms with Gasteiger partial charge in [-0.3, -0.25) is 4.90 Å². The Balaban J connectivity index is 1.48. The number of hydrogen-bond donors (Lipinski definition) is 1. The minimum atomic E-state index is -2.57. The molecule has 156 valence electrons. The molecule has 3 heterocycles. The Morgan fingerprint density at radius 3 is 2.82 bits per heavy atom. The van der Waals surface area contributed by atoms with Crippen molar-refractivity contribution >= 4 is 22.9 Å². The summed E-state index contributed by atoms with van der Waals surface area (Å²) < 4.78 is 41.4. The lowest BCUT2D eigenvalue weighted by Crippen LogP contribution is -2.40. The van der Waals surface area contributed by atoms with Gasteiger partial charge in [0, 0.05) is 31.6 Å². The number of piperidine rings is 1. The standard InChI is InChI=1S/C17H25F2N5O2S2/c1-25-7-4-13-22-17(28-23-13)26-9-11-2-5-24(6-3-11)12(8-20)15-14(16(18)19)21-10-27-15/h10-12,16H,2-9,20H2,1H3. The Morgan fingerprint density at radius 1 is 1.36 bits per heavy atom. The fourth-order valence-electron chi connectivity index (χ4n) is 3.31. The molecule has 0 radical (unpaired) electrons. The van der Waals surface area contributed by atoms with Gasteiger partial charge in [0.25, 0.3) is 11.6 Å². The van der Waals surface area contributed by atoms with Crippen molar-refractivity contribution < 1.29 is 18.3 Å². The summed E-state index contributed by atoms with van der Waals surface area (Å²) in [6.07, 6.45) is -0.0431. The lowest BCUT2D eigenvalue weighted by atomic mass is 9.96. The van der Waals surface area contributed by atoms with Crippen LogP contribution in [0.25, 0.3) is 0 Å². The summed E-state index contributed by atoms with van der Waals surface area (Å²) in [7, 11) is 1.65. The Labute approximate surface area is 171 Å². The molecule has 3 rings (SSSR count). The van der Waals surface area contributed by atoms with Crippen LogP contribution in [0.3, 0.4) is 0 Å². The van der Waals surface area contributed by atoms with Crippen LogP contribution in [0.4, 0.5) is 8.78 Å². The summed E-state index contributed by atoms with van der Waals surface area (Å²) in [5.74, 6) is 1.14. The summed E-state index contributed by atoms with van der Waals surface area (Å²) >= 11 is 2.52. The van der Waals surface area contributed by atoms with Gasteiger partial charge < -0.3 is 15.2 Å². The highest BCUT2D eigenvalue weighted by Crippen LogP contribution is 2.34. The molecule has 0 bridgehead atoms. The molecule has 1 atom stereocenters. The molecule has 2 aromatic heterocycles. The van der Waals surface area contributed by atoms with Gasteiger partial charge >= 0.3 is 0 Å². The predicted molar refractivity (Wildman–Crippen MR) is 104 cm³/mol. The van der Waals surface area contributed by atoms with Crippen LogP contribution in [0.5, 0.6) is 5.19 Å². The van der Waals surface area contributed by atoms with Crippen LogP contribution in [0, 0.1) is 5.92 Å². The Bertz CT molecular complexity index is 722. The second kappa shape index (κ2) is 10.5. The number of halogens is 2. The summed E-state index contributed by atoms with van der Waals surface area (Å²) in [5, 5.41) is 0.583. The zero-order valence-electron chi connectivity index (χ0n) is 15.7. The first-order valence-corrected chi connectivity index (χ1v) is 10.9. The molecule has 1 fully saturated rings. The van der Waals surface area contributed by atoms with Crippen molar-refractivity contribution in [3.8, 4) is 5.19 Å². The number of nitrogens with two attached hydrogens (primary N) is 1. The SMILES string of the molecule is COCCc1nsc(OCC2CCN(C(CN)c3scnc3C(F)F)CC2)n1. The Morgan fingerprint density at radius 2 is 2.14 bits per heavy atom. The predicted octanol–water partition coefficient (Wildman–Crippen LogP) is 2.91. The monoisotopic (exact) mass is 433 g/mol. The molecule has 0 aliphatic carbocycles. The molecule has 1 aliphatic heterocycles. The van der Waals surface area contributed by atoms with Gasteiger partial charge in [-0.05, 0) is 31.8 Å². The third-order valence-corrected chi connectivity index (χ3v) is 6.48. The molecule has 1 saturated heterocycles. The van der Waals surface area contributed by atoms with Crippen molar-refractivity contribution in [1.82, 2.24) is 19.2 Å². The van der Waals surface area contributed by atoms with E-state index in [-0.39, 0.29) is 11.7 Å². The minimum Gasteiger partial charge on any atom is -0.469 e. The average Bonchev–Trinajstić information content (AvgIpc) is 3.36. The van der Waals surface area contributed by atoms with E-state index in [2.05, 4.69) is 19.2 Å². The maximum Gasteiger partial charge on any atom is 0.293 e. The minimum absolute atomic E-state index is 0.133. The van der Waals surface area contributed by atoms with E-state index in [1.54, 1.807) is 7.11 Å². The van der Waals surface area contributed by atoms with Gasteiger partial charge in [-0.2, -0.15) is 9.36 Å². The first kappa shape index (κ1) is 21.4. The maximum atomic E-state index is 13.2. The molecular formula is C17H25F2N5O2S2. The summed E-state index contributed by atoms with van der Waals surface area (Å²) in [4.78, 5) is 10.9. The summed E-state index contributed by atoms with van der Waals surface area (Å²) in [5.41, 5.74) is 7.26. The van der Waals surface area contributed by atoms with Crippen molar-refractivity contribution in [2.45, 2.75) is 31.7 Å². The molecule has 1 aliphatic rings. The highest BCUT2D eigenvalue weighted by Gasteiger charge is 2.30. The molecule has 2 N–H and O–H groups in total. The summed E-state index contributed by atoms with van der Waals surface area (Å²) in [6.45, 7) is 3.07. The Kier molecular flexibility index (Phi) is 8.03. The molecule has 0 spiro atoms. The van der Waals surface area contributed by atoms with Gasteiger partial charge in [-0.25, -0.2) is 13.8 Å². The first-order chi connectivity index (χ1) is 13.6. The van der Waals surface area contributed by atoms with Crippen molar-refractivity contribution in [1.29, 1.82) is 0 Å². The second-order valence-corrected chi connectivity index (χ2v) is 8.26. The topological polar surface area (TPSA) is 86.4 Å². The van der Waals surface area contributed by atoms with E-state index in [4.69, 9.17) is 15.2 Å². The van der Waals surface area contributed by atoms with E-state index in [0.29, 0.717) is 42.2 Å². The third kappa shape index (κ3) is 5.41. The lowest BCUT2D eigenvalue weighted by molar-refractivity contribution is 0.105. The average molecular weight is 434 g/mol. The van der Waals surface area contributed by atoms with Gasteiger partial charge in [-0.15, -0.1) is 11.3 Å². The number of alkyl halides is 2. The van der Waals surface area contributed by atoms with Crippen LogP contribution in [-0.2, 0) is 11.2 Å². The smallest absolute Gasteiger partial charge is 0.293 e. The largest absolute Gasteiger partial charge is 0.469 e. The third-order valence-electron chi connectivity index (χ3n) is 4.87. The maximum absolute atomic E-state index is 13.2. The molecule has 28 heavy (non-hydrogen) atoms. The van der Waals surface area contributed by atoms with Gasteiger partial charge in [0.2, 0.25) is 0 Å². The highest BCUT2D eigenvalue weighted by molar-refractivity contribution is 7.09. The number of thiazole rings is 1. The zero-order valence-corrected chi connectivity index (χ0v) is 17.4. The van der Waals surface area contributed by atoms with E-state index in [1.807, 2.05) is 0 Å². The molecule has 0 saturated carbocycles. The fraction of sp³-hybridized carbons (Fsp3) is 0.706. The van der Waals surface area contributed by atoms with Crippen LogP contribution in [0.15, 0.2) is 5.51 Å². The molecule has 7 nitrogen and oxygen atoms in total. The number of nitrogens with zero attached hydrogens (tertiary/aromatic N) is 4. The van der Waals surface area contributed by atoms with Crippen LogP contribution in [0.1, 0.15) is 41.7 Å². The number of hydrogen-bond acceptors (Lipinski definition) is 9. The number of ether oxygens (including phenoxy) is 2. The zero-order chi connectivity index (χ0) is 19.9. The van der Waals surface area contributed by atoms with Crippen molar-refractivity contribution in [3.63, 3.8) is 0 Å². The summed E-state index contributed by atoms with van der Waals surface area (Å²) in [6, 6.07) is -0.204. The van der Waals surface area contributed by atoms with Crippen molar-refractivity contribution in [3.05, 3.63) is 21.9 Å². The van der Waals surface area contributed by atoms with E-state index >= 15 is 0 Å². The number of rotatable bonds is 10. The van der Waals surface area contributed by atoms with Crippen molar-refractivity contribution in [2.75, 3.05) is 40.0 Å². The lowest BCUT2D eigenvalue weighted by Gasteiger charge is -2.36. The van der Waals surface area contributed by atoms with Crippen LogP contribution in [-0.4, -0.2) is 59.2 Å². The van der Waals surface area contributed by atoms with E-state index in [9.17, 15) is 8.78 Å². The van der Waals surface area contributed by atoms with Gasteiger partial charge in [0.1, 0.15) is 11.5 Å². The van der Waals surface area contributed by atoms with Crippen LogP contribution >= 0.6 is 22.9 Å². The van der Waals surface area contributed by atoms with E-state index < -0.39 is 6.43 Å². The Hall–Kier alpha value is -1.27. The first-order valence-electron chi connectivity index (χ1n) is 9.22. The molecule has 2 aromatic rings. The highest BCUT2D eigenvalue weighted by atomic mass is 32.1.